The van der Waals surface area contributed by atoms with E-state index in [1.165, 1.54) is 10.8 Å². The van der Waals surface area contributed by atoms with Crippen LogP contribution in [0.1, 0.15) is 0 Å². The Balaban J connectivity index is 0.934. The SMILES string of the molecule is c1ccc([Si]23O[Si]4(c5ccccc5)O[Si]5(c6ccccc6)O[Si](c6ccccc6)(O2)O[Si]2(c6ccccc6)O[Si](c6ccccc6)(O3)O[Si](c3ccccc3)(O4)O[Si](c3cccc(-n4c6ccccc6c6cc(-n7c8ccccc8c8ccccc87)ccc64)c3)(O5)O2)cc1. The molecule has 0 N–H and O–H groups in total. The van der Waals surface area contributed by atoms with E-state index in [1.807, 2.05) is 224 Å². The van der Waals surface area contributed by atoms with E-state index in [2.05, 4.69) is 112 Å². The zero-order valence-corrected chi connectivity index (χ0v) is 58.0. The molecule has 8 bridgehead atoms. The third-order valence-electron chi connectivity index (χ3n) is 18.1. The minimum atomic E-state index is -5.13. The van der Waals surface area contributed by atoms with Gasteiger partial charge in [-0.05, 0) is 48.5 Å². The minimum absolute atomic E-state index is 0.513. The van der Waals surface area contributed by atoms with Crippen LogP contribution in [0.4, 0.5) is 0 Å². The van der Waals surface area contributed by atoms with Crippen molar-refractivity contribution in [1.29, 1.82) is 0 Å². The van der Waals surface area contributed by atoms with Gasteiger partial charge in [0, 0.05) is 74.4 Å². The summed E-state index contributed by atoms with van der Waals surface area (Å²) >= 11 is 0. The Bertz CT molecular complexity index is 4910. The molecule has 0 aliphatic carbocycles. The largest absolute Gasteiger partial charge is 0.515 e. The van der Waals surface area contributed by atoms with Crippen LogP contribution < -0.4 is 41.5 Å². The number of nitrogens with zero attached hydrogens (tertiary/aromatic N) is 2. The van der Waals surface area contributed by atoms with Crippen molar-refractivity contribution in [2.75, 3.05) is 0 Å². The van der Waals surface area contributed by atoms with Gasteiger partial charge in [0.15, 0.2) is 0 Å². The fourth-order valence-electron chi connectivity index (χ4n) is 13.9. The number of fused-ring (bicyclic) bond motifs is 6. The van der Waals surface area contributed by atoms with Gasteiger partial charge in [-0.25, -0.2) is 0 Å². The number of hydrogen-bond donors (Lipinski definition) is 0. The quantitative estimate of drug-likeness (QED) is 0.122. The van der Waals surface area contributed by atoms with Crippen LogP contribution in [0.2, 0.25) is 0 Å². The predicted octanol–water partition coefficient (Wildman–Crippen LogP) is 9.22. The van der Waals surface area contributed by atoms with Gasteiger partial charge in [-0.15, -0.1) is 0 Å². The third-order valence-corrected chi connectivity index (χ3v) is 52.2. The molecule has 0 unspecified atom stereocenters. The fourth-order valence-corrected chi connectivity index (χ4v) is 60.1. The van der Waals surface area contributed by atoms with Crippen LogP contribution >= 0.6 is 0 Å². The monoisotopic (exact) mass is 1360 g/mol. The van der Waals surface area contributed by atoms with Crippen molar-refractivity contribution in [2.45, 2.75) is 0 Å². The summed E-state index contributed by atoms with van der Waals surface area (Å²) in [7, 11) is -39.7. The average Bonchev–Trinajstić information content (AvgIpc) is 0.824. The Morgan fingerprint density at radius 2 is 0.372 bits per heavy atom. The molecule has 2 aromatic heterocycles. The smallest absolute Gasteiger partial charge is 0.366 e. The normalized spacial score (nSPS) is 27.8. The van der Waals surface area contributed by atoms with E-state index < -0.39 is 70.4 Å². The Kier molecular flexibility index (Phi) is 13.0. The van der Waals surface area contributed by atoms with Crippen molar-refractivity contribution in [3.05, 3.63) is 328 Å². The van der Waals surface area contributed by atoms with Crippen LogP contribution in [0.15, 0.2) is 328 Å². The van der Waals surface area contributed by atoms with E-state index in [-0.39, 0.29) is 0 Å². The average molecular weight is 1360 g/mol. The maximum atomic E-state index is 8.57. The molecule has 0 radical (unpaired) electrons. The van der Waals surface area contributed by atoms with Gasteiger partial charge in [0.1, 0.15) is 0 Å². The van der Waals surface area contributed by atoms with Gasteiger partial charge in [0.25, 0.3) is 0 Å². The molecule has 0 spiro atoms. The first-order valence-corrected chi connectivity index (χ1v) is 45.0. The lowest BCUT2D eigenvalue weighted by Crippen LogP contribution is -2.96. The number of benzene rings is 12. The van der Waals surface area contributed by atoms with E-state index in [1.54, 1.807) is 0 Å². The van der Waals surface area contributed by atoms with Gasteiger partial charge in [0.2, 0.25) is 0 Å². The summed E-state index contributed by atoms with van der Waals surface area (Å²) in [5.74, 6) is 0. The van der Waals surface area contributed by atoms with Crippen LogP contribution in [-0.4, -0.2) is 79.6 Å². The molecule has 14 nitrogen and oxygen atoms in total. The van der Waals surface area contributed by atoms with Gasteiger partial charge in [-0.2, -0.15) is 0 Å². The summed E-state index contributed by atoms with van der Waals surface area (Å²) < 4.78 is 106. The van der Waals surface area contributed by atoms with Crippen LogP contribution in [-0.2, 0) is 49.4 Å². The standard InChI is InChI=1S/C72H54N2O12Si8/c1-8-30-57(31-9-1)87-75-88(58-32-10-2-11-33-58)78-91(61-38-16-5-17-39-61)80-89(76-87,59-34-12-3-13-35-59)82-93(63-42-20-7-21-43-63)83-90(77-87,60-36-14-4-15-37-60)81-92(79-88,62-40-18-6-19-41-62)85-94(84-91,86-93)64-44-28-29-55(53-64)73-71-50-27-24-47-67(71)68-54-56(51-52-72(68)73)74-69-48-25-22-45-65(69)66-46-23-26-49-70(66)74/h1-54H. The summed E-state index contributed by atoms with van der Waals surface area (Å²) in [5.41, 5.74) is 6.02. The van der Waals surface area contributed by atoms with Crippen LogP contribution in [0.3, 0.4) is 0 Å². The molecule has 456 valence electrons. The Morgan fingerprint density at radius 1 is 0.160 bits per heavy atom. The van der Waals surface area contributed by atoms with Gasteiger partial charge >= 0.3 is 70.4 Å². The highest BCUT2D eigenvalue weighted by Crippen LogP contribution is 2.49. The van der Waals surface area contributed by atoms with E-state index in [4.69, 9.17) is 49.4 Å². The van der Waals surface area contributed by atoms with Gasteiger partial charge in [-0.1, -0.05) is 279 Å². The Hall–Kier alpha value is -8.50. The maximum absolute atomic E-state index is 8.57. The third kappa shape index (κ3) is 8.70. The molecule has 6 saturated heterocycles. The van der Waals surface area contributed by atoms with Crippen molar-refractivity contribution in [3.63, 3.8) is 0 Å². The topological polar surface area (TPSA) is 121 Å². The summed E-state index contributed by atoms with van der Waals surface area (Å²) in [4.78, 5) is 0. The number of aromatic nitrogens is 2. The summed E-state index contributed by atoms with van der Waals surface area (Å²) in [6, 6.07) is 109. The Labute approximate surface area is 549 Å². The second-order valence-corrected chi connectivity index (χ2v) is 47.0. The predicted molar refractivity (Wildman–Crippen MR) is 376 cm³/mol. The van der Waals surface area contributed by atoms with Gasteiger partial charge < -0.3 is 58.5 Å². The molecule has 12 aromatic carbocycles. The van der Waals surface area contributed by atoms with Gasteiger partial charge in [0.05, 0.1) is 22.1 Å². The Morgan fingerprint density at radius 3 is 0.660 bits per heavy atom. The lowest BCUT2D eigenvalue weighted by Gasteiger charge is -2.62. The maximum Gasteiger partial charge on any atom is 0.515 e. The first kappa shape index (κ1) is 57.0. The lowest BCUT2D eigenvalue weighted by atomic mass is 10.1. The van der Waals surface area contributed by atoms with Crippen molar-refractivity contribution in [1.82, 2.24) is 9.13 Å². The lowest BCUT2D eigenvalue weighted by molar-refractivity contribution is -0.00298. The highest BCUT2D eigenvalue weighted by Gasteiger charge is 2.86. The molecule has 14 aromatic rings. The molecular weight excluding hydrogens is 1310 g/mol. The van der Waals surface area contributed by atoms with Crippen LogP contribution in [0.25, 0.3) is 55.0 Å². The van der Waals surface area contributed by atoms with Crippen molar-refractivity contribution < 1.29 is 49.4 Å². The summed E-state index contributed by atoms with van der Waals surface area (Å²) in [5, 5.41) is 8.83. The molecule has 6 aliphatic heterocycles. The van der Waals surface area contributed by atoms with E-state index in [9.17, 15) is 0 Å². The van der Waals surface area contributed by atoms with Crippen LogP contribution in [0, 0.1) is 0 Å². The van der Waals surface area contributed by atoms with Crippen molar-refractivity contribution in [3.8, 4) is 11.4 Å². The second-order valence-electron chi connectivity index (χ2n) is 23.7. The first-order chi connectivity index (χ1) is 46.2. The number of rotatable bonds is 10. The molecular formula is C72H54N2O12Si8. The summed E-state index contributed by atoms with van der Waals surface area (Å²) in [6.07, 6.45) is 0. The van der Waals surface area contributed by atoms with E-state index >= 15 is 0 Å². The zero-order chi connectivity index (χ0) is 62.2. The molecule has 0 atom stereocenters. The summed E-state index contributed by atoms with van der Waals surface area (Å²) in [6.45, 7) is 0. The highest BCUT2D eigenvalue weighted by molar-refractivity contribution is 7.14. The fraction of sp³-hybridized carbons (Fsp3) is 0. The van der Waals surface area contributed by atoms with E-state index in [0.29, 0.717) is 41.5 Å². The zero-order valence-electron chi connectivity index (χ0n) is 50.0. The molecule has 22 heteroatoms. The van der Waals surface area contributed by atoms with Crippen LogP contribution in [0.5, 0.6) is 0 Å². The molecule has 0 amide bonds. The second kappa shape index (κ2) is 21.5. The van der Waals surface area contributed by atoms with Gasteiger partial charge in [-0.3, -0.25) is 0 Å². The molecule has 8 heterocycles. The molecule has 0 saturated carbocycles. The highest BCUT2D eigenvalue weighted by atomic mass is 28.6. The molecule has 6 fully saturated rings. The van der Waals surface area contributed by atoms with Crippen molar-refractivity contribution in [2.24, 2.45) is 0 Å². The number of hydrogen-bond acceptors (Lipinski definition) is 12. The number of para-hydroxylation sites is 3. The van der Waals surface area contributed by atoms with Crippen molar-refractivity contribution >= 4 is 156 Å². The molecule has 6 aliphatic rings. The molecule has 20 rings (SSSR count). The molecule has 94 heavy (non-hydrogen) atoms. The first-order valence-electron chi connectivity index (χ1n) is 31.2. The minimum Gasteiger partial charge on any atom is -0.366 e. The van der Waals surface area contributed by atoms with E-state index in [0.717, 1.165) is 44.2 Å².